The van der Waals surface area contributed by atoms with Gasteiger partial charge in [0.15, 0.2) is 17.3 Å². The SMILES string of the molecule is COc1ccc(/C=C2\Oc3c(ccc(OC)c3O)C2=O)cc1. The molecular weight excluding hydrogens is 284 g/mol. The second-order valence-corrected chi connectivity index (χ2v) is 4.71. The molecule has 2 aromatic carbocycles. The van der Waals surface area contributed by atoms with E-state index in [1.54, 1.807) is 31.4 Å². The Morgan fingerprint density at radius 3 is 2.41 bits per heavy atom. The number of phenols is 1. The van der Waals surface area contributed by atoms with Crippen LogP contribution in [-0.2, 0) is 0 Å². The van der Waals surface area contributed by atoms with Crippen molar-refractivity contribution >= 4 is 11.9 Å². The third kappa shape index (κ3) is 2.26. The van der Waals surface area contributed by atoms with E-state index in [4.69, 9.17) is 14.2 Å². The molecule has 112 valence electrons. The monoisotopic (exact) mass is 298 g/mol. The number of benzene rings is 2. The molecule has 1 aliphatic heterocycles. The highest BCUT2D eigenvalue weighted by Crippen LogP contribution is 2.44. The second-order valence-electron chi connectivity index (χ2n) is 4.71. The highest BCUT2D eigenvalue weighted by atomic mass is 16.5. The Kier molecular flexibility index (Phi) is 3.47. The van der Waals surface area contributed by atoms with Crippen LogP contribution in [0.1, 0.15) is 15.9 Å². The number of phenolic OH excluding ortho intramolecular Hbond substituents is 1. The fourth-order valence-electron chi connectivity index (χ4n) is 2.24. The van der Waals surface area contributed by atoms with Crippen molar-refractivity contribution in [2.75, 3.05) is 14.2 Å². The van der Waals surface area contributed by atoms with Crippen molar-refractivity contribution in [1.82, 2.24) is 0 Å². The zero-order chi connectivity index (χ0) is 15.7. The highest BCUT2D eigenvalue weighted by Gasteiger charge is 2.31. The van der Waals surface area contributed by atoms with Crippen molar-refractivity contribution in [3.8, 4) is 23.0 Å². The third-order valence-electron chi connectivity index (χ3n) is 3.41. The van der Waals surface area contributed by atoms with Crippen LogP contribution in [0.3, 0.4) is 0 Å². The van der Waals surface area contributed by atoms with E-state index in [0.717, 1.165) is 11.3 Å². The lowest BCUT2D eigenvalue weighted by molar-refractivity contribution is 0.101. The maximum atomic E-state index is 12.3. The predicted molar refractivity (Wildman–Crippen MR) is 80.6 cm³/mol. The number of fused-ring (bicyclic) bond motifs is 1. The molecule has 0 fully saturated rings. The van der Waals surface area contributed by atoms with Gasteiger partial charge >= 0.3 is 0 Å². The molecule has 5 heteroatoms. The molecule has 0 amide bonds. The van der Waals surface area contributed by atoms with E-state index in [0.29, 0.717) is 5.56 Å². The molecule has 3 rings (SSSR count). The van der Waals surface area contributed by atoms with Gasteiger partial charge in [-0.2, -0.15) is 0 Å². The molecule has 2 aromatic rings. The second kappa shape index (κ2) is 5.44. The summed E-state index contributed by atoms with van der Waals surface area (Å²) < 4.78 is 15.6. The number of hydrogen-bond acceptors (Lipinski definition) is 5. The normalized spacial score (nSPS) is 14.6. The van der Waals surface area contributed by atoms with E-state index in [2.05, 4.69) is 0 Å². The summed E-state index contributed by atoms with van der Waals surface area (Å²) in [5.74, 6) is 0.826. The van der Waals surface area contributed by atoms with Gasteiger partial charge in [-0.1, -0.05) is 12.1 Å². The number of carbonyl (C=O) groups is 1. The van der Waals surface area contributed by atoms with E-state index < -0.39 is 0 Å². The van der Waals surface area contributed by atoms with Crippen LogP contribution in [0.2, 0.25) is 0 Å². The summed E-state index contributed by atoms with van der Waals surface area (Å²) >= 11 is 0. The van der Waals surface area contributed by atoms with Crippen LogP contribution in [0.5, 0.6) is 23.0 Å². The van der Waals surface area contributed by atoms with Crippen LogP contribution >= 0.6 is 0 Å². The van der Waals surface area contributed by atoms with E-state index in [-0.39, 0.29) is 28.8 Å². The first-order valence-electron chi connectivity index (χ1n) is 6.62. The number of methoxy groups -OCH3 is 2. The van der Waals surface area contributed by atoms with Crippen molar-refractivity contribution in [3.63, 3.8) is 0 Å². The number of allylic oxidation sites excluding steroid dienone is 1. The summed E-state index contributed by atoms with van der Waals surface area (Å²) in [6.45, 7) is 0. The van der Waals surface area contributed by atoms with Crippen LogP contribution in [-0.4, -0.2) is 25.1 Å². The first kappa shape index (κ1) is 14.0. The average Bonchev–Trinajstić information content (AvgIpc) is 2.86. The number of ether oxygens (including phenoxy) is 3. The molecule has 1 N–H and O–H groups in total. The van der Waals surface area contributed by atoms with Crippen molar-refractivity contribution in [2.24, 2.45) is 0 Å². The molecule has 5 nitrogen and oxygen atoms in total. The summed E-state index contributed by atoms with van der Waals surface area (Å²) in [7, 11) is 3.02. The number of ketones is 1. The maximum Gasteiger partial charge on any atom is 0.232 e. The van der Waals surface area contributed by atoms with Crippen LogP contribution in [0.15, 0.2) is 42.2 Å². The molecule has 0 aliphatic carbocycles. The Balaban J connectivity index is 1.96. The lowest BCUT2D eigenvalue weighted by Gasteiger charge is -2.06. The van der Waals surface area contributed by atoms with Gasteiger partial charge in [-0.15, -0.1) is 0 Å². The number of carbonyl (C=O) groups excluding carboxylic acids is 1. The minimum Gasteiger partial charge on any atom is -0.502 e. The fraction of sp³-hybridized carbons (Fsp3) is 0.118. The van der Waals surface area contributed by atoms with Crippen molar-refractivity contribution in [3.05, 3.63) is 53.3 Å². The smallest absolute Gasteiger partial charge is 0.232 e. The van der Waals surface area contributed by atoms with Gasteiger partial charge < -0.3 is 19.3 Å². The van der Waals surface area contributed by atoms with Gasteiger partial charge in [0.1, 0.15) is 5.75 Å². The van der Waals surface area contributed by atoms with E-state index in [1.165, 1.54) is 13.2 Å². The molecule has 22 heavy (non-hydrogen) atoms. The first-order valence-corrected chi connectivity index (χ1v) is 6.62. The van der Waals surface area contributed by atoms with Crippen molar-refractivity contribution in [2.45, 2.75) is 0 Å². The predicted octanol–water partition coefficient (Wildman–Crippen LogP) is 3.03. The number of Topliss-reactive ketones (excluding diaryl/α,β-unsaturated/α-hetero) is 1. The summed E-state index contributed by atoms with van der Waals surface area (Å²) in [4.78, 5) is 12.3. The van der Waals surface area contributed by atoms with Gasteiger partial charge in [0, 0.05) is 0 Å². The van der Waals surface area contributed by atoms with E-state index >= 15 is 0 Å². The fourth-order valence-corrected chi connectivity index (χ4v) is 2.24. The summed E-state index contributed by atoms with van der Waals surface area (Å²) in [6, 6.07) is 10.3. The zero-order valence-corrected chi connectivity index (χ0v) is 12.1. The molecule has 0 unspecified atom stereocenters. The summed E-state index contributed by atoms with van der Waals surface area (Å²) in [5, 5.41) is 10.0. The van der Waals surface area contributed by atoms with Gasteiger partial charge in [0.2, 0.25) is 11.5 Å². The third-order valence-corrected chi connectivity index (χ3v) is 3.41. The number of rotatable bonds is 3. The Morgan fingerprint density at radius 2 is 1.77 bits per heavy atom. The molecule has 1 heterocycles. The first-order chi connectivity index (χ1) is 10.6. The van der Waals surface area contributed by atoms with Crippen LogP contribution in [0, 0.1) is 0 Å². The molecular formula is C17H14O5. The molecule has 0 bridgehead atoms. The Bertz CT molecular complexity index is 759. The highest BCUT2D eigenvalue weighted by molar-refractivity contribution is 6.15. The van der Waals surface area contributed by atoms with Crippen LogP contribution in [0.4, 0.5) is 0 Å². The molecule has 0 radical (unpaired) electrons. The lowest BCUT2D eigenvalue weighted by atomic mass is 10.1. The lowest BCUT2D eigenvalue weighted by Crippen LogP contribution is -1.97. The zero-order valence-electron chi connectivity index (χ0n) is 12.1. The van der Waals surface area contributed by atoms with Crippen LogP contribution < -0.4 is 14.2 Å². The van der Waals surface area contributed by atoms with E-state index in [9.17, 15) is 9.90 Å². The largest absolute Gasteiger partial charge is 0.502 e. The van der Waals surface area contributed by atoms with Crippen molar-refractivity contribution in [1.29, 1.82) is 0 Å². The Morgan fingerprint density at radius 1 is 1.05 bits per heavy atom. The van der Waals surface area contributed by atoms with Gasteiger partial charge in [0.25, 0.3) is 0 Å². The number of aromatic hydroxyl groups is 1. The summed E-state index contributed by atoms with van der Waals surface area (Å²) in [5.41, 5.74) is 1.11. The maximum absolute atomic E-state index is 12.3. The van der Waals surface area contributed by atoms with Crippen LogP contribution in [0.25, 0.3) is 6.08 Å². The molecule has 0 saturated heterocycles. The summed E-state index contributed by atoms with van der Waals surface area (Å²) in [6.07, 6.45) is 1.62. The Labute approximate surface area is 127 Å². The molecule has 0 saturated carbocycles. The molecule has 0 aromatic heterocycles. The Hall–Kier alpha value is -2.95. The van der Waals surface area contributed by atoms with Gasteiger partial charge in [-0.3, -0.25) is 4.79 Å². The van der Waals surface area contributed by atoms with Gasteiger partial charge in [-0.05, 0) is 35.9 Å². The van der Waals surface area contributed by atoms with Gasteiger partial charge in [0.05, 0.1) is 19.8 Å². The molecule has 0 atom stereocenters. The van der Waals surface area contributed by atoms with Crippen molar-refractivity contribution < 1.29 is 24.1 Å². The molecule has 1 aliphatic rings. The van der Waals surface area contributed by atoms with Gasteiger partial charge in [-0.25, -0.2) is 0 Å². The minimum atomic E-state index is -0.274. The quantitative estimate of drug-likeness (QED) is 0.882. The van der Waals surface area contributed by atoms with E-state index in [1.807, 2.05) is 12.1 Å². The molecule has 0 spiro atoms. The average molecular weight is 298 g/mol. The topological polar surface area (TPSA) is 65.0 Å². The standard InChI is InChI=1S/C17H14O5/c1-20-11-5-3-10(4-6-11)9-14-15(18)12-7-8-13(21-2)16(19)17(12)22-14/h3-9,19H,1-2H3/b14-9-. The number of hydrogen-bond donors (Lipinski definition) is 1. The minimum absolute atomic E-state index is 0.129.